The van der Waals surface area contributed by atoms with Crippen LogP contribution in [-0.2, 0) is 24.7 Å². The summed E-state index contributed by atoms with van der Waals surface area (Å²) in [6.45, 7) is -0.404. The van der Waals surface area contributed by atoms with Crippen LogP contribution in [0.5, 0.6) is 5.75 Å². The van der Waals surface area contributed by atoms with Crippen LogP contribution in [0.2, 0.25) is 0 Å². The third-order valence-electron chi connectivity index (χ3n) is 4.17. The number of hydrogen-bond donors (Lipinski definition) is 0. The van der Waals surface area contributed by atoms with E-state index in [9.17, 15) is 21.6 Å². The molecule has 1 amide bonds. The predicted molar refractivity (Wildman–Crippen MR) is 95.0 cm³/mol. The number of carbonyl (C=O) groups is 1. The Morgan fingerprint density at radius 3 is 2.56 bits per heavy atom. The van der Waals surface area contributed by atoms with Crippen LogP contribution in [0, 0.1) is 0 Å². The highest BCUT2D eigenvalue weighted by Gasteiger charge is 2.34. The van der Waals surface area contributed by atoms with E-state index in [-0.39, 0.29) is 11.5 Å². The van der Waals surface area contributed by atoms with E-state index in [0.29, 0.717) is 17.9 Å². The van der Waals surface area contributed by atoms with Gasteiger partial charge in [-0.25, -0.2) is 16.8 Å². The summed E-state index contributed by atoms with van der Waals surface area (Å²) in [6, 6.07) is 5.96. The van der Waals surface area contributed by atoms with Crippen molar-refractivity contribution in [3.8, 4) is 5.75 Å². The summed E-state index contributed by atoms with van der Waals surface area (Å²) in [7, 11) is -3.88. The zero-order chi connectivity index (χ0) is 18.8. The van der Waals surface area contributed by atoms with Crippen LogP contribution in [0.15, 0.2) is 24.3 Å². The number of rotatable bonds is 6. The molecular formula is C15H22N2O6S2. The Hall–Kier alpha value is -1.81. The van der Waals surface area contributed by atoms with Crippen molar-refractivity contribution in [1.82, 2.24) is 4.90 Å². The monoisotopic (exact) mass is 390 g/mol. The Morgan fingerprint density at radius 2 is 2.04 bits per heavy atom. The molecule has 140 valence electrons. The van der Waals surface area contributed by atoms with Crippen LogP contribution in [0.1, 0.15) is 6.42 Å². The molecule has 0 spiro atoms. The molecular weight excluding hydrogens is 368 g/mol. The summed E-state index contributed by atoms with van der Waals surface area (Å²) in [5.74, 6) is -0.0435. The lowest BCUT2D eigenvalue weighted by atomic mass is 10.2. The van der Waals surface area contributed by atoms with Gasteiger partial charge in [0.15, 0.2) is 9.84 Å². The Morgan fingerprint density at radius 1 is 1.36 bits per heavy atom. The van der Waals surface area contributed by atoms with Gasteiger partial charge < -0.3 is 9.64 Å². The Labute approximate surface area is 148 Å². The number of carbonyl (C=O) groups excluding carboxylic acids is 1. The fraction of sp³-hybridized carbons (Fsp3) is 0.533. The topological polar surface area (TPSA) is 101 Å². The fourth-order valence-electron chi connectivity index (χ4n) is 2.68. The highest BCUT2D eigenvalue weighted by molar-refractivity contribution is 7.92. The average Bonchev–Trinajstić information content (AvgIpc) is 2.90. The molecule has 10 heteroatoms. The maximum atomic E-state index is 12.5. The fourth-order valence-corrected chi connectivity index (χ4v) is 5.30. The lowest BCUT2D eigenvalue weighted by Crippen LogP contribution is -2.45. The zero-order valence-corrected chi connectivity index (χ0v) is 16.0. The number of sulfonamides is 1. The van der Waals surface area contributed by atoms with Crippen molar-refractivity contribution in [2.75, 3.05) is 42.8 Å². The molecule has 2 rings (SSSR count). The lowest BCUT2D eigenvalue weighted by Gasteiger charge is -2.28. The third-order valence-corrected chi connectivity index (χ3v) is 7.06. The number of benzene rings is 1. The molecule has 25 heavy (non-hydrogen) atoms. The van der Waals surface area contributed by atoms with Crippen LogP contribution >= 0.6 is 0 Å². The second kappa shape index (κ2) is 7.20. The van der Waals surface area contributed by atoms with E-state index in [4.69, 9.17) is 4.74 Å². The lowest BCUT2D eigenvalue weighted by molar-refractivity contribution is -0.129. The molecule has 0 aromatic heterocycles. The number of likely N-dealkylation sites (N-methyl/N-ethyl adjacent to an activating group) is 1. The minimum absolute atomic E-state index is 0.0426. The molecule has 1 aromatic rings. The van der Waals surface area contributed by atoms with Crippen LogP contribution in [0.3, 0.4) is 0 Å². The number of nitrogens with zero attached hydrogens (tertiary/aromatic N) is 2. The summed E-state index contributed by atoms with van der Waals surface area (Å²) < 4.78 is 53.5. The van der Waals surface area contributed by atoms with Crippen molar-refractivity contribution < 1.29 is 26.4 Å². The molecule has 1 aromatic carbocycles. The summed E-state index contributed by atoms with van der Waals surface area (Å²) in [6.07, 6.45) is 1.38. The van der Waals surface area contributed by atoms with E-state index >= 15 is 0 Å². The van der Waals surface area contributed by atoms with Crippen molar-refractivity contribution in [1.29, 1.82) is 0 Å². The summed E-state index contributed by atoms with van der Waals surface area (Å²) in [4.78, 5) is 13.8. The molecule has 0 bridgehead atoms. The molecule has 0 aliphatic carbocycles. The van der Waals surface area contributed by atoms with Gasteiger partial charge in [0.1, 0.15) is 12.3 Å². The van der Waals surface area contributed by atoms with Gasteiger partial charge in [-0.2, -0.15) is 0 Å². The van der Waals surface area contributed by atoms with Gasteiger partial charge in [0.25, 0.3) is 0 Å². The first-order chi connectivity index (χ1) is 11.5. The third kappa shape index (κ3) is 4.85. The van der Waals surface area contributed by atoms with Gasteiger partial charge in [0, 0.05) is 19.2 Å². The van der Waals surface area contributed by atoms with E-state index in [1.807, 2.05) is 0 Å². The number of hydrogen-bond acceptors (Lipinski definition) is 6. The summed E-state index contributed by atoms with van der Waals surface area (Å²) in [5, 5.41) is 0. The van der Waals surface area contributed by atoms with E-state index < -0.39 is 38.4 Å². The predicted octanol–water partition coefficient (Wildman–Crippen LogP) is 0.107. The first kappa shape index (κ1) is 19.5. The molecule has 1 aliphatic heterocycles. The molecule has 1 aliphatic rings. The van der Waals surface area contributed by atoms with Crippen molar-refractivity contribution in [3.63, 3.8) is 0 Å². The van der Waals surface area contributed by atoms with E-state index in [1.165, 1.54) is 25.1 Å². The second-order valence-electron chi connectivity index (χ2n) is 6.03. The van der Waals surface area contributed by atoms with Gasteiger partial charge in [0.2, 0.25) is 15.9 Å². The van der Waals surface area contributed by atoms with Crippen molar-refractivity contribution >= 4 is 31.5 Å². The molecule has 1 fully saturated rings. The van der Waals surface area contributed by atoms with Gasteiger partial charge in [-0.1, -0.05) is 6.07 Å². The van der Waals surface area contributed by atoms with Crippen LogP contribution in [-0.4, -0.2) is 72.1 Å². The van der Waals surface area contributed by atoms with Crippen molar-refractivity contribution in [2.45, 2.75) is 12.5 Å². The molecule has 0 radical (unpaired) electrons. The normalized spacial score (nSPS) is 19.4. The number of sulfone groups is 1. The van der Waals surface area contributed by atoms with E-state index in [1.54, 1.807) is 18.2 Å². The molecule has 8 nitrogen and oxygen atoms in total. The standard InChI is InChI=1S/C15H22N2O6S2/c1-16(13-7-8-25(21,22)11-13)15(18)10-17(24(3,19)20)12-5-4-6-14(9-12)23-2/h4-6,9,13H,7-8,10-11H2,1-3H3. The summed E-state index contributed by atoms with van der Waals surface area (Å²) in [5.41, 5.74) is 0.308. The Kier molecular flexibility index (Phi) is 5.62. The maximum Gasteiger partial charge on any atom is 0.243 e. The minimum Gasteiger partial charge on any atom is -0.497 e. The van der Waals surface area contributed by atoms with Crippen LogP contribution < -0.4 is 9.04 Å². The van der Waals surface area contributed by atoms with Crippen molar-refractivity contribution in [3.05, 3.63) is 24.3 Å². The zero-order valence-electron chi connectivity index (χ0n) is 14.4. The SMILES string of the molecule is COc1cccc(N(CC(=O)N(C)C2CCS(=O)(=O)C2)S(C)(=O)=O)c1. The summed E-state index contributed by atoms with van der Waals surface area (Å²) >= 11 is 0. The van der Waals surface area contributed by atoms with E-state index in [2.05, 4.69) is 0 Å². The van der Waals surface area contributed by atoms with E-state index in [0.717, 1.165) is 10.6 Å². The Bertz CT molecular complexity index is 851. The second-order valence-corrected chi connectivity index (χ2v) is 10.2. The quantitative estimate of drug-likeness (QED) is 0.683. The highest BCUT2D eigenvalue weighted by Crippen LogP contribution is 2.24. The van der Waals surface area contributed by atoms with Gasteiger partial charge in [0.05, 0.1) is 30.6 Å². The smallest absolute Gasteiger partial charge is 0.243 e. The Balaban J connectivity index is 2.21. The first-order valence-corrected chi connectivity index (χ1v) is 11.3. The number of anilines is 1. The minimum atomic E-state index is -3.71. The van der Waals surface area contributed by atoms with Gasteiger partial charge in [-0.3, -0.25) is 9.10 Å². The number of methoxy groups -OCH3 is 1. The molecule has 0 saturated carbocycles. The maximum absolute atomic E-state index is 12.5. The largest absolute Gasteiger partial charge is 0.497 e. The van der Waals surface area contributed by atoms with Gasteiger partial charge >= 0.3 is 0 Å². The number of ether oxygens (including phenoxy) is 1. The highest BCUT2D eigenvalue weighted by atomic mass is 32.2. The molecule has 1 atom stereocenters. The van der Waals surface area contributed by atoms with Crippen molar-refractivity contribution in [2.24, 2.45) is 0 Å². The molecule has 0 N–H and O–H groups in total. The van der Waals surface area contributed by atoms with Crippen LogP contribution in [0.25, 0.3) is 0 Å². The molecule has 1 saturated heterocycles. The molecule has 1 heterocycles. The number of amides is 1. The average molecular weight is 390 g/mol. The van der Waals surface area contributed by atoms with Crippen LogP contribution in [0.4, 0.5) is 5.69 Å². The van der Waals surface area contributed by atoms with Gasteiger partial charge in [-0.15, -0.1) is 0 Å². The van der Waals surface area contributed by atoms with Gasteiger partial charge in [-0.05, 0) is 18.6 Å². The first-order valence-electron chi connectivity index (χ1n) is 7.61. The molecule has 1 unspecified atom stereocenters.